The van der Waals surface area contributed by atoms with Crippen LogP contribution in [0.5, 0.6) is 0 Å². The Labute approximate surface area is 186 Å². The molecule has 4 rings (SSSR count). The third-order valence-corrected chi connectivity index (χ3v) is 15.4. The van der Waals surface area contributed by atoms with Crippen LogP contribution < -0.4 is 0 Å². The molecule has 0 aromatic rings. The number of allylic oxidation sites excluding steroid dienone is 2. The van der Waals surface area contributed by atoms with Gasteiger partial charge in [-0.25, -0.2) is 0 Å². The molecule has 3 saturated carbocycles. The summed E-state index contributed by atoms with van der Waals surface area (Å²) >= 11 is 0. The van der Waals surface area contributed by atoms with E-state index < -0.39 is 13.9 Å². The predicted molar refractivity (Wildman–Crippen MR) is 129 cm³/mol. The molecule has 0 amide bonds. The Morgan fingerprint density at radius 3 is 2.40 bits per heavy atom. The minimum Gasteiger partial charge on any atom is -0.414 e. The summed E-state index contributed by atoms with van der Waals surface area (Å²) in [6, 6.07) is 0. The van der Waals surface area contributed by atoms with Crippen LogP contribution in [-0.2, 0) is 4.43 Å². The molecule has 3 heteroatoms. The first-order valence-electron chi connectivity index (χ1n) is 12.5. The van der Waals surface area contributed by atoms with Crippen molar-refractivity contribution < 1.29 is 9.53 Å². The van der Waals surface area contributed by atoms with Crippen LogP contribution in [0.2, 0.25) is 18.1 Å². The Morgan fingerprint density at radius 2 is 1.77 bits per heavy atom. The molecule has 3 fully saturated rings. The molecular weight excluding hydrogens is 384 g/mol. The van der Waals surface area contributed by atoms with Crippen molar-refractivity contribution in [3.8, 4) is 0 Å². The minimum atomic E-state index is -1.74. The molecular formula is C27H46O2Si. The van der Waals surface area contributed by atoms with E-state index in [0.717, 1.165) is 12.8 Å². The Balaban J connectivity index is 1.58. The van der Waals surface area contributed by atoms with Crippen molar-refractivity contribution in [2.24, 2.45) is 28.6 Å². The van der Waals surface area contributed by atoms with Gasteiger partial charge in [0.2, 0.25) is 0 Å². The number of hydrogen-bond donors (Lipinski definition) is 1. The van der Waals surface area contributed by atoms with Gasteiger partial charge in [-0.2, -0.15) is 0 Å². The van der Waals surface area contributed by atoms with Gasteiger partial charge in [-0.15, -0.1) is 6.58 Å². The summed E-state index contributed by atoms with van der Waals surface area (Å²) in [7, 11) is -1.74. The molecule has 0 aromatic heterocycles. The van der Waals surface area contributed by atoms with Crippen LogP contribution in [0.15, 0.2) is 24.3 Å². The molecule has 0 aliphatic heterocycles. The van der Waals surface area contributed by atoms with Crippen molar-refractivity contribution in [1.82, 2.24) is 0 Å². The SMILES string of the molecule is C=C[C@]12CC[C@H](O[Si](C)(C)C(C)(C)C)CC1=CCC1C2CC[C@@]2(C)C1CC[C@]2(C)O. The van der Waals surface area contributed by atoms with Crippen molar-refractivity contribution >= 4 is 8.32 Å². The molecule has 2 nitrogen and oxygen atoms in total. The molecule has 170 valence electrons. The summed E-state index contributed by atoms with van der Waals surface area (Å²) in [6.45, 7) is 20.7. The van der Waals surface area contributed by atoms with E-state index in [1.165, 1.54) is 38.5 Å². The van der Waals surface area contributed by atoms with E-state index in [9.17, 15) is 5.11 Å². The maximum atomic E-state index is 11.2. The van der Waals surface area contributed by atoms with E-state index in [4.69, 9.17) is 4.43 Å². The van der Waals surface area contributed by atoms with Gasteiger partial charge in [0.05, 0.1) is 5.60 Å². The van der Waals surface area contributed by atoms with E-state index in [1.807, 2.05) is 0 Å². The molecule has 0 aromatic carbocycles. The zero-order valence-corrected chi connectivity index (χ0v) is 21.7. The number of aliphatic hydroxyl groups is 1. The van der Waals surface area contributed by atoms with Crippen LogP contribution in [-0.4, -0.2) is 25.1 Å². The first-order chi connectivity index (χ1) is 13.8. The fourth-order valence-electron chi connectivity index (χ4n) is 7.65. The van der Waals surface area contributed by atoms with Gasteiger partial charge in [-0.1, -0.05) is 45.4 Å². The highest BCUT2D eigenvalue weighted by Crippen LogP contribution is 2.67. The maximum Gasteiger partial charge on any atom is 0.192 e. The number of rotatable bonds is 3. The van der Waals surface area contributed by atoms with Gasteiger partial charge in [-0.3, -0.25) is 0 Å². The highest BCUT2D eigenvalue weighted by atomic mass is 28.4. The molecule has 7 atom stereocenters. The third kappa shape index (κ3) is 3.17. The summed E-state index contributed by atoms with van der Waals surface area (Å²) in [5.41, 5.74) is 1.39. The first kappa shape index (κ1) is 22.8. The van der Waals surface area contributed by atoms with E-state index >= 15 is 0 Å². The molecule has 0 heterocycles. The topological polar surface area (TPSA) is 29.5 Å². The standard InChI is InChI=1S/C27H46O2Si/c1-9-27-17-12-20(29-30(7,8)24(2,3)4)18-19(27)10-11-21-22-14-16-26(6,28)25(22,5)15-13-23(21)27/h9-10,20-23,28H,1,11-18H2,2-8H3/t20-,21?,22?,23?,25-,26-,27-/m0/s1. The second-order valence-electron chi connectivity index (χ2n) is 13.1. The molecule has 30 heavy (non-hydrogen) atoms. The van der Waals surface area contributed by atoms with E-state index in [1.54, 1.807) is 5.57 Å². The van der Waals surface area contributed by atoms with E-state index in [2.05, 4.69) is 66.4 Å². The number of hydrogen-bond acceptors (Lipinski definition) is 2. The van der Waals surface area contributed by atoms with Gasteiger partial charge < -0.3 is 9.53 Å². The van der Waals surface area contributed by atoms with Crippen molar-refractivity contribution in [2.45, 2.75) is 116 Å². The van der Waals surface area contributed by atoms with Crippen LogP contribution in [0.4, 0.5) is 0 Å². The maximum absolute atomic E-state index is 11.2. The van der Waals surface area contributed by atoms with Crippen LogP contribution in [0.1, 0.15) is 86.0 Å². The van der Waals surface area contributed by atoms with Crippen LogP contribution >= 0.6 is 0 Å². The minimum absolute atomic E-state index is 0.0878. The molecule has 4 aliphatic rings. The highest BCUT2D eigenvalue weighted by Gasteiger charge is 2.62. The van der Waals surface area contributed by atoms with Crippen LogP contribution in [0.25, 0.3) is 0 Å². The molecule has 1 N–H and O–H groups in total. The lowest BCUT2D eigenvalue weighted by atomic mass is 9.46. The number of fused-ring (bicyclic) bond motifs is 5. The van der Waals surface area contributed by atoms with Crippen molar-refractivity contribution in [2.75, 3.05) is 0 Å². The second kappa shape index (κ2) is 7.06. The first-order valence-corrected chi connectivity index (χ1v) is 15.4. The molecule has 0 saturated heterocycles. The molecule has 3 unspecified atom stereocenters. The molecule has 4 aliphatic carbocycles. The second-order valence-corrected chi connectivity index (χ2v) is 17.9. The zero-order valence-electron chi connectivity index (χ0n) is 20.7. The van der Waals surface area contributed by atoms with Gasteiger partial charge in [0.25, 0.3) is 0 Å². The van der Waals surface area contributed by atoms with Gasteiger partial charge in [0.15, 0.2) is 8.32 Å². The lowest BCUT2D eigenvalue weighted by molar-refractivity contribution is -0.111. The molecule has 0 bridgehead atoms. The van der Waals surface area contributed by atoms with Gasteiger partial charge in [0.1, 0.15) is 0 Å². The Kier molecular flexibility index (Phi) is 5.36. The fraction of sp³-hybridized carbons (Fsp3) is 0.852. The lowest BCUT2D eigenvalue weighted by Crippen LogP contribution is -2.54. The van der Waals surface area contributed by atoms with Crippen molar-refractivity contribution in [1.29, 1.82) is 0 Å². The normalized spacial score (nSPS) is 46.5. The average Bonchev–Trinajstić information content (AvgIpc) is 2.89. The fourth-order valence-corrected chi connectivity index (χ4v) is 9.04. The summed E-state index contributed by atoms with van der Waals surface area (Å²) < 4.78 is 6.86. The van der Waals surface area contributed by atoms with Gasteiger partial charge in [0, 0.05) is 11.5 Å². The summed E-state index contributed by atoms with van der Waals surface area (Å²) in [6.07, 6.45) is 14.5. The van der Waals surface area contributed by atoms with Gasteiger partial charge in [-0.05, 0) is 99.6 Å². The van der Waals surface area contributed by atoms with Crippen LogP contribution in [0, 0.1) is 28.6 Å². The quantitative estimate of drug-likeness (QED) is 0.377. The summed E-state index contributed by atoms with van der Waals surface area (Å²) in [5, 5.41) is 11.4. The average molecular weight is 431 g/mol. The lowest BCUT2D eigenvalue weighted by Gasteiger charge is -2.59. The third-order valence-electron chi connectivity index (χ3n) is 10.9. The molecule has 0 spiro atoms. The Hall–Kier alpha value is -0.383. The van der Waals surface area contributed by atoms with E-state index in [0.29, 0.717) is 23.9 Å². The zero-order chi connectivity index (χ0) is 22.2. The monoisotopic (exact) mass is 430 g/mol. The molecule has 0 radical (unpaired) electrons. The van der Waals surface area contributed by atoms with Crippen LogP contribution in [0.3, 0.4) is 0 Å². The van der Waals surface area contributed by atoms with Crippen molar-refractivity contribution in [3.05, 3.63) is 24.3 Å². The summed E-state index contributed by atoms with van der Waals surface area (Å²) in [4.78, 5) is 0. The van der Waals surface area contributed by atoms with E-state index in [-0.39, 0.29) is 15.9 Å². The smallest absolute Gasteiger partial charge is 0.192 e. The van der Waals surface area contributed by atoms with Gasteiger partial charge >= 0.3 is 0 Å². The Morgan fingerprint density at radius 1 is 1.10 bits per heavy atom. The van der Waals surface area contributed by atoms with Crippen molar-refractivity contribution in [3.63, 3.8) is 0 Å². The largest absolute Gasteiger partial charge is 0.414 e. The summed E-state index contributed by atoms with van der Waals surface area (Å²) in [5.74, 6) is 2.07. The Bertz CT molecular complexity index is 730. The highest BCUT2D eigenvalue weighted by molar-refractivity contribution is 6.74. The predicted octanol–water partition coefficient (Wildman–Crippen LogP) is 7.26.